The van der Waals surface area contributed by atoms with Crippen LogP contribution in [0.4, 0.5) is 0 Å². The molecule has 18 heavy (non-hydrogen) atoms. The third-order valence-electron chi connectivity index (χ3n) is 2.42. The van der Waals surface area contributed by atoms with E-state index in [1.54, 1.807) is 0 Å². The van der Waals surface area contributed by atoms with Gasteiger partial charge in [-0.25, -0.2) is 0 Å². The number of aromatic nitrogens is 2. The van der Waals surface area contributed by atoms with Crippen molar-refractivity contribution >= 4 is 6.21 Å². The summed E-state index contributed by atoms with van der Waals surface area (Å²) in [6.07, 6.45) is 1.36. The van der Waals surface area contributed by atoms with Gasteiger partial charge in [0, 0.05) is 11.0 Å². The van der Waals surface area contributed by atoms with Gasteiger partial charge in [0.25, 0.3) is 0 Å². The van der Waals surface area contributed by atoms with Crippen LogP contribution in [0.5, 0.6) is 0 Å². The monoisotopic (exact) mass is 245 g/mol. The van der Waals surface area contributed by atoms with Gasteiger partial charge in [0.2, 0.25) is 11.7 Å². The Bertz CT molecular complexity index is 568. The Labute approximate surface area is 105 Å². The molecular weight excluding hydrogens is 230 g/mol. The van der Waals surface area contributed by atoms with Crippen molar-refractivity contribution in [1.82, 2.24) is 10.1 Å². The minimum absolute atomic E-state index is 0.171. The van der Waals surface area contributed by atoms with Crippen molar-refractivity contribution < 1.29 is 9.73 Å². The fraction of sp³-hybridized carbons (Fsp3) is 0.308. The van der Waals surface area contributed by atoms with Crippen molar-refractivity contribution in [2.75, 3.05) is 0 Å². The van der Waals surface area contributed by atoms with E-state index >= 15 is 0 Å². The average Bonchev–Trinajstić information content (AvgIpc) is 2.78. The lowest BCUT2D eigenvalue weighted by molar-refractivity contribution is 0.321. The maximum atomic E-state index is 8.51. The van der Waals surface area contributed by atoms with Crippen LogP contribution in [0.3, 0.4) is 0 Å². The molecule has 5 heteroatoms. The van der Waals surface area contributed by atoms with Crippen molar-refractivity contribution in [2.24, 2.45) is 5.16 Å². The van der Waals surface area contributed by atoms with Crippen LogP contribution in [0.1, 0.15) is 32.2 Å². The lowest BCUT2D eigenvalue weighted by atomic mass is 9.97. The van der Waals surface area contributed by atoms with Crippen LogP contribution >= 0.6 is 0 Å². The molecule has 0 amide bonds. The van der Waals surface area contributed by atoms with E-state index in [4.69, 9.17) is 9.73 Å². The Morgan fingerprint density at radius 1 is 1.33 bits per heavy atom. The molecule has 0 saturated carbocycles. The zero-order valence-corrected chi connectivity index (χ0v) is 10.6. The molecule has 0 aliphatic carbocycles. The van der Waals surface area contributed by atoms with Crippen molar-refractivity contribution in [3.05, 3.63) is 35.7 Å². The van der Waals surface area contributed by atoms with Crippen molar-refractivity contribution in [3.63, 3.8) is 0 Å². The van der Waals surface area contributed by atoms with Crippen LogP contribution in [0.15, 0.2) is 33.9 Å². The van der Waals surface area contributed by atoms with E-state index in [0.29, 0.717) is 11.7 Å². The summed E-state index contributed by atoms with van der Waals surface area (Å²) >= 11 is 0. The molecule has 0 unspecified atom stereocenters. The molecule has 0 atom stereocenters. The molecule has 0 bridgehead atoms. The Morgan fingerprint density at radius 3 is 2.72 bits per heavy atom. The van der Waals surface area contributed by atoms with Crippen LogP contribution in [-0.4, -0.2) is 21.6 Å². The molecule has 1 aromatic heterocycles. The molecule has 2 rings (SSSR count). The Hall–Kier alpha value is -2.17. The van der Waals surface area contributed by atoms with E-state index in [0.717, 1.165) is 11.1 Å². The first-order valence-electron chi connectivity index (χ1n) is 5.63. The molecule has 1 heterocycles. The highest BCUT2D eigenvalue weighted by atomic mass is 16.5. The highest BCUT2D eigenvalue weighted by Gasteiger charge is 2.22. The summed E-state index contributed by atoms with van der Waals surface area (Å²) in [7, 11) is 0. The van der Waals surface area contributed by atoms with E-state index in [-0.39, 0.29) is 5.41 Å². The van der Waals surface area contributed by atoms with E-state index in [1.165, 1.54) is 6.21 Å². The molecule has 0 fully saturated rings. The molecule has 0 spiro atoms. The van der Waals surface area contributed by atoms with Crippen molar-refractivity contribution in [2.45, 2.75) is 26.2 Å². The van der Waals surface area contributed by atoms with Gasteiger partial charge in [0.1, 0.15) is 0 Å². The van der Waals surface area contributed by atoms with Crippen molar-refractivity contribution in [3.8, 4) is 11.4 Å². The smallest absolute Gasteiger partial charge is 0.232 e. The Kier molecular flexibility index (Phi) is 3.14. The van der Waals surface area contributed by atoms with E-state index in [9.17, 15) is 0 Å². The maximum Gasteiger partial charge on any atom is 0.232 e. The van der Waals surface area contributed by atoms with Gasteiger partial charge in [-0.2, -0.15) is 4.98 Å². The van der Waals surface area contributed by atoms with Gasteiger partial charge in [-0.3, -0.25) is 0 Å². The van der Waals surface area contributed by atoms with Crippen LogP contribution < -0.4 is 0 Å². The largest absolute Gasteiger partial charge is 0.411 e. The predicted molar refractivity (Wildman–Crippen MR) is 67.8 cm³/mol. The summed E-state index contributed by atoms with van der Waals surface area (Å²) in [6.45, 7) is 6.04. The summed E-state index contributed by atoms with van der Waals surface area (Å²) in [4.78, 5) is 4.37. The van der Waals surface area contributed by atoms with Crippen molar-refractivity contribution in [1.29, 1.82) is 0 Å². The SMILES string of the molecule is CC(C)(C)c1nc(-c2cccc(/C=N/O)c2)no1. The first kappa shape index (κ1) is 12.3. The summed E-state index contributed by atoms with van der Waals surface area (Å²) < 4.78 is 5.24. The fourth-order valence-corrected chi connectivity index (χ4v) is 1.47. The first-order valence-corrected chi connectivity index (χ1v) is 5.63. The van der Waals surface area contributed by atoms with Gasteiger partial charge in [-0.1, -0.05) is 49.3 Å². The maximum absolute atomic E-state index is 8.51. The van der Waals surface area contributed by atoms with Gasteiger partial charge in [0.15, 0.2) is 0 Å². The molecule has 0 saturated heterocycles. The minimum Gasteiger partial charge on any atom is -0.411 e. The van der Waals surface area contributed by atoms with Gasteiger partial charge in [-0.05, 0) is 11.6 Å². The standard InChI is InChI=1S/C13H15N3O2/c1-13(2,3)12-15-11(16-18-12)10-6-4-5-9(7-10)8-14-17/h4-8,17H,1-3H3/b14-8+. The molecule has 5 nitrogen and oxygen atoms in total. The summed E-state index contributed by atoms with van der Waals surface area (Å²) in [5, 5.41) is 15.5. The van der Waals surface area contributed by atoms with E-state index in [2.05, 4.69) is 15.3 Å². The summed E-state index contributed by atoms with van der Waals surface area (Å²) in [5.41, 5.74) is 1.43. The highest BCUT2D eigenvalue weighted by molar-refractivity contribution is 5.81. The number of hydrogen-bond acceptors (Lipinski definition) is 5. The second-order valence-electron chi connectivity index (χ2n) is 5.04. The third-order valence-corrected chi connectivity index (χ3v) is 2.42. The predicted octanol–water partition coefficient (Wildman–Crippen LogP) is 2.84. The normalized spacial score (nSPS) is 12.2. The zero-order chi connectivity index (χ0) is 13.2. The number of rotatable bonds is 2. The van der Waals surface area contributed by atoms with Gasteiger partial charge in [-0.15, -0.1) is 0 Å². The molecule has 0 radical (unpaired) electrons. The second-order valence-corrected chi connectivity index (χ2v) is 5.04. The second kappa shape index (κ2) is 4.60. The van der Waals surface area contributed by atoms with Gasteiger partial charge < -0.3 is 9.73 Å². The molecule has 1 N–H and O–H groups in total. The molecule has 1 aromatic carbocycles. The third kappa shape index (κ3) is 2.56. The zero-order valence-electron chi connectivity index (χ0n) is 10.6. The summed E-state index contributed by atoms with van der Waals surface area (Å²) in [5.74, 6) is 1.13. The van der Waals surface area contributed by atoms with Crippen LogP contribution in [0.2, 0.25) is 0 Å². The number of benzene rings is 1. The lowest BCUT2D eigenvalue weighted by Gasteiger charge is -2.10. The average molecular weight is 245 g/mol. The number of nitrogens with zero attached hydrogens (tertiary/aromatic N) is 3. The molecule has 0 aliphatic rings. The summed E-state index contributed by atoms with van der Waals surface area (Å²) in [6, 6.07) is 7.39. The van der Waals surface area contributed by atoms with Gasteiger partial charge >= 0.3 is 0 Å². The number of hydrogen-bond donors (Lipinski definition) is 1. The highest BCUT2D eigenvalue weighted by Crippen LogP contribution is 2.23. The number of oxime groups is 1. The van der Waals surface area contributed by atoms with Crippen LogP contribution in [0, 0.1) is 0 Å². The quantitative estimate of drug-likeness (QED) is 0.501. The van der Waals surface area contributed by atoms with E-state index < -0.39 is 0 Å². The lowest BCUT2D eigenvalue weighted by Crippen LogP contribution is -2.11. The fourth-order valence-electron chi connectivity index (χ4n) is 1.47. The van der Waals surface area contributed by atoms with Crippen LogP contribution in [-0.2, 0) is 5.41 Å². The topological polar surface area (TPSA) is 71.5 Å². The molecule has 94 valence electrons. The van der Waals surface area contributed by atoms with E-state index in [1.807, 2.05) is 45.0 Å². The van der Waals surface area contributed by atoms with Gasteiger partial charge in [0.05, 0.1) is 6.21 Å². The molecule has 2 aromatic rings. The minimum atomic E-state index is -0.171. The Morgan fingerprint density at radius 2 is 2.11 bits per heavy atom. The molecular formula is C13H15N3O2. The first-order chi connectivity index (χ1) is 8.50. The van der Waals surface area contributed by atoms with Crippen LogP contribution in [0.25, 0.3) is 11.4 Å². The Balaban J connectivity index is 2.37. The molecule has 0 aliphatic heterocycles.